The Labute approximate surface area is 146 Å². The smallest absolute Gasteiger partial charge is 0.229 e. The fraction of sp³-hybridized carbons (Fsp3) is 0.0588. The lowest BCUT2D eigenvalue weighted by atomic mass is 10.3. The van der Waals surface area contributed by atoms with Gasteiger partial charge in [0.05, 0.1) is 11.4 Å². The monoisotopic (exact) mass is 390 g/mol. The molecule has 0 fully saturated rings. The van der Waals surface area contributed by atoms with Crippen molar-refractivity contribution in [2.45, 2.75) is 6.92 Å². The van der Waals surface area contributed by atoms with Gasteiger partial charge in [0.2, 0.25) is 5.95 Å². The van der Waals surface area contributed by atoms with Gasteiger partial charge in [-0.15, -0.1) is 0 Å². The fourth-order valence-electron chi connectivity index (χ4n) is 2.10. The molecular formula is C17H13BrF2N4. The SMILES string of the molecule is Cc1cc(Nc2ccc(F)cc2F)nc(Nc2ccccc2Br)n1. The summed E-state index contributed by atoms with van der Waals surface area (Å²) in [7, 11) is 0. The van der Waals surface area contributed by atoms with Crippen LogP contribution in [0.25, 0.3) is 0 Å². The van der Waals surface area contributed by atoms with E-state index in [0.29, 0.717) is 17.5 Å². The predicted octanol–water partition coefficient (Wildman–Crippen LogP) is 5.31. The van der Waals surface area contributed by atoms with E-state index in [0.717, 1.165) is 16.2 Å². The van der Waals surface area contributed by atoms with Gasteiger partial charge in [0.25, 0.3) is 0 Å². The molecule has 0 aliphatic heterocycles. The number of hydrogen-bond donors (Lipinski definition) is 2. The molecule has 4 nitrogen and oxygen atoms in total. The molecule has 2 N–H and O–H groups in total. The standard InChI is InChI=1S/C17H13BrF2N4/c1-10-8-16(22-15-7-6-11(19)9-13(15)20)24-17(21-10)23-14-5-3-2-4-12(14)18/h2-9H,1H3,(H2,21,22,23,24). The van der Waals surface area contributed by atoms with E-state index in [-0.39, 0.29) is 5.69 Å². The Hall–Kier alpha value is -2.54. The van der Waals surface area contributed by atoms with E-state index in [1.165, 1.54) is 12.1 Å². The summed E-state index contributed by atoms with van der Waals surface area (Å²) in [4.78, 5) is 8.63. The Morgan fingerprint density at radius 3 is 2.46 bits per heavy atom. The molecular weight excluding hydrogens is 378 g/mol. The van der Waals surface area contributed by atoms with Crippen LogP contribution in [0.15, 0.2) is 53.0 Å². The van der Waals surface area contributed by atoms with Gasteiger partial charge in [0, 0.05) is 22.3 Å². The van der Waals surface area contributed by atoms with E-state index in [1.807, 2.05) is 24.3 Å². The third kappa shape index (κ3) is 3.86. The number of aromatic nitrogens is 2. The van der Waals surface area contributed by atoms with Crippen molar-refractivity contribution < 1.29 is 8.78 Å². The number of hydrogen-bond acceptors (Lipinski definition) is 4. The normalized spacial score (nSPS) is 10.5. The number of para-hydroxylation sites is 1. The Kier molecular flexibility index (Phi) is 4.71. The van der Waals surface area contributed by atoms with E-state index >= 15 is 0 Å². The Bertz CT molecular complexity index is 886. The molecule has 0 aliphatic carbocycles. The van der Waals surface area contributed by atoms with Crippen LogP contribution in [-0.2, 0) is 0 Å². The maximum Gasteiger partial charge on any atom is 0.229 e. The van der Waals surface area contributed by atoms with Gasteiger partial charge in [-0.3, -0.25) is 0 Å². The van der Waals surface area contributed by atoms with Gasteiger partial charge in [-0.25, -0.2) is 13.8 Å². The van der Waals surface area contributed by atoms with Gasteiger partial charge in [0.1, 0.15) is 17.5 Å². The minimum absolute atomic E-state index is 0.140. The Balaban J connectivity index is 1.87. The minimum atomic E-state index is -0.688. The van der Waals surface area contributed by atoms with Crippen molar-refractivity contribution >= 4 is 39.1 Å². The molecule has 0 saturated heterocycles. The largest absolute Gasteiger partial charge is 0.338 e. The number of nitrogens with zero attached hydrogens (tertiary/aromatic N) is 2. The van der Waals surface area contributed by atoms with Gasteiger partial charge in [0.15, 0.2) is 0 Å². The molecule has 0 atom stereocenters. The average Bonchev–Trinajstić information content (AvgIpc) is 2.52. The summed E-state index contributed by atoms with van der Waals surface area (Å²) < 4.78 is 27.6. The zero-order valence-corrected chi connectivity index (χ0v) is 14.2. The quantitative estimate of drug-likeness (QED) is 0.633. The van der Waals surface area contributed by atoms with E-state index in [9.17, 15) is 8.78 Å². The molecule has 3 rings (SSSR count). The van der Waals surface area contributed by atoms with E-state index in [4.69, 9.17) is 0 Å². The van der Waals surface area contributed by atoms with Crippen molar-refractivity contribution in [2.24, 2.45) is 0 Å². The second-order valence-electron chi connectivity index (χ2n) is 5.07. The summed E-state index contributed by atoms with van der Waals surface area (Å²) in [6, 6.07) is 12.5. The fourth-order valence-corrected chi connectivity index (χ4v) is 2.48. The first-order chi connectivity index (χ1) is 11.5. The van der Waals surface area contributed by atoms with Crippen molar-refractivity contribution in [2.75, 3.05) is 10.6 Å². The molecule has 0 aliphatic rings. The lowest BCUT2D eigenvalue weighted by Crippen LogP contribution is -2.03. The van der Waals surface area contributed by atoms with Crippen LogP contribution < -0.4 is 10.6 Å². The average molecular weight is 391 g/mol. The van der Waals surface area contributed by atoms with Crippen molar-refractivity contribution in [1.29, 1.82) is 0 Å². The molecule has 7 heteroatoms. The first-order valence-electron chi connectivity index (χ1n) is 7.10. The first kappa shape index (κ1) is 16.3. The molecule has 24 heavy (non-hydrogen) atoms. The van der Waals surface area contributed by atoms with Crippen LogP contribution in [0.1, 0.15) is 5.69 Å². The summed E-state index contributed by atoms with van der Waals surface area (Å²) in [6.07, 6.45) is 0. The van der Waals surface area contributed by atoms with E-state index in [2.05, 4.69) is 36.5 Å². The van der Waals surface area contributed by atoms with Crippen molar-refractivity contribution in [3.05, 3.63) is 70.3 Å². The number of halogens is 3. The zero-order valence-electron chi connectivity index (χ0n) is 12.6. The molecule has 0 unspecified atom stereocenters. The highest BCUT2D eigenvalue weighted by Gasteiger charge is 2.08. The molecule has 3 aromatic rings. The highest BCUT2D eigenvalue weighted by Crippen LogP contribution is 2.25. The summed E-state index contributed by atoms with van der Waals surface area (Å²) in [5.41, 5.74) is 1.65. The van der Waals surface area contributed by atoms with Gasteiger partial charge in [-0.2, -0.15) is 4.98 Å². The lowest BCUT2D eigenvalue weighted by Gasteiger charge is -2.11. The number of benzene rings is 2. The topological polar surface area (TPSA) is 49.8 Å². The minimum Gasteiger partial charge on any atom is -0.338 e. The molecule has 1 heterocycles. The van der Waals surface area contributed by atoms with Gasteiger partial charge in [-0.05, 0) is 47.1 Å². The van der Waals surface area contributed by atoms with Crippen LogP contribution in [0, 0.1) is 18.6 Å². The summed E-state index contributed by atoms with van der Waals surface area (Å²) in [5.74, 6) is -0.547. The maximum atomic E-state index is 13.8. The number of nitrogens with one attached hydrogen (secondary N) is 2. The number of anilines is 4. The third-order valence-electron chi connectivity index (χ3n) is 3.17. The van der Waals surface area contributed by atoms with Crippen LogP contribution in [0.5, 0.6) is 0 Å². The molecule has 1 aromatic heterocycles. The predicted molar refractivity (Wildman–Crippen MR) is 93.8 cm³/mol. The second-order valence-corrected chi connectivity index (χ2v) is 5.93. The van der Waals surface area contributed by atoms with Crippen molar-refractivity contribution in [1.82, 2.24) is 9.97 Å². The van der Waals surface area contributed by atoms with Crippen LogP contribution >= 0.6 is 15.9 Å². The Morgan fingerprint density at radius 1 is 0.917 bits per heavy atom. The number of rotatable bonds is 4. The second kappa shape index (κ2) is 6.92. The molecule has 0 radical (unpaired) electrons. The van der Waals surface area contributed by atoms with Crippen molar-refractivity contribution in [3.8, 4) is 0 Å². The highest BCUT2D eigenvalue weighted by molar-refractivity contribution is 9.10. The summed E-state index contributed by atoms with van der Waals surface area (Å²) in [5, 5.41) is 5.94. The van der Waals surface area contributed by atoms with Crippen LogP contribution in [0.2, 0.25) is 0 Å². The first-order valence-corrected chi connectivity index (χ1v) is 7.90. The molecule has 0 amide bonds. The van der Waals surface area contributed by atoms with Gasteiger partial charge < -0.3 is 10.6 Å². The highest BCUT2D eigenvalue weighted by atomic mass is 79.9. The summed E-state index contributed by atoms with van der Waals surface area (Å²) in [6.45, 7) is 1.80. The zero-order chi connectivity index (χ0) is 17.1. The van der Waals surface area contributed by atoms with Gasteiger partial charge >= 0.3 is 0 Å². The Morgan fingerprint density at radius 2 is 1.71 bits per heavy atom. The van der Waals surface area contributed by atoms with Gasteiger partial charge in [-0.1, -0.05) is 12.1 Å². The molecule has 2 aromatic carbocycles. The molecule has 0 saturated carbocycles. The number of aryl methyl sites for hydroxylation is 1. The molecule has 122 valence electrons. The molecule has 0 spiro atoms. The van der Waals surface area contributed by atoms with Crippen LogP contribution in [-0.4, -0.2) is 9.97 Å². The van der Waals surface area contributed by atoms with E-state index < -0.39 is 11.6 Å². The van der Waals surface area contributed by atoms with Crippen LogP contribution in [0.3, 0.4) is 0 Å². The van der Waals surface area contributed by atoms with E-state index in [1.54, 1.807) is 13.0 Å². The lowest BCUT2D eigenvalue weighted by molar-refractivity contribution is 0.586. The summed E-state index contributed by atoms with van der Waals surface area (Å²) >= 11 is 3.44. The van der Waals surface area contributed by atoms with Crippen molar-refractivity contribution in [3.63, 3.8) is 0 Å². The van der Waals surface area contributed by atoms with Crippen LogP contribution in [0.4, 0.5) is 31.9 Å². The molecule has 0 bridgehead atoms. The third-order valence-corrected chi connectivity index (χ3v) is 3.86. The maximum absolute atomic E-state index is 13.8.